The fourth-order valence-corrected chi connectivity index (χ4v) is 5.23. The highest BCUT2D eigenvalue weighted by Gasteiger charge is 2.29. The van der Waals surface area contributed by atoms with Gasteiger partial charge in [-0.1, -0.05) is 23.2 Å². The van der Waals surface area contributed by atoms with E-state index in [0.29, 0.717) is 15.9 Å². The van der Waals surface area contributed by atoms with E-state index in [1.807, 2.05) is 32.9 Å². The van der Waals surface area contributed by atoms with Gasteiger partial charge in [0, 0.05) is 11.1 Å². The fraction of sp³-hybridized carbons (Fsp3) is 0.409. The number of amides is 1. The number of anilines is 1. The number of fused-ring (bicyclic) bond motifs is 1. The number of nitrogens with zero attached hydrogens (tertiary/aromatic N) is 2. The van der Waals surface area contributed by atoms with E-state index >= 15 is 0 Å². The lowest BCUT2D eigenvalue weighted by Gasteiger charge is -2.24. The molecule has 33 heavy (non-hydrogen) atoms. The zero-order valence-corrected chi connectivity index (χ0v) is 22.3. The summed E-state index contributed by atoms with van der Waals surface area (Å²) in [6.45, 7) is 10.9. The predicted molar refractivity (Wildman–Crippen MR) is 137 cm³/mol. The van der Waals surface area contributed by atoms with E-state index in [1.54, 1.807) is 39.1 Å². The smallest absolute Gasteiger partial charge is 0.413 e. The van der Waals surface area contributed by atoms with E-state index in [1.165, 1.54) is 11.3 Å². The van der Waals surface area contributed by atoms with Crippen molar-refractivity contribution in [3.8, 4) is 0 Å². The van der Waals surface area contributed by atoms with Crippen LogP contribution in [0.2, 0.25) is 10.2 Å². The highest BCUT2D eigenvalue weighted by molar-refractivity contribution is 7.84. The molecule has 0 bridgehead atoms. The first kappa shape index (κ1) is 25.8. The van der Waals surface area contributed by atoms with Crippen LogP contribution in [0.15, 0.2) is 30.5 Å². The molecule has 2 N–H and O–H groups in total. The van der Waals surface area contributed by atoms with E-state index < -0.39 is 33.5 Å². The van der Waals surface area contributed by atoms with E-state index in [4.69, 9.17) is 27.9 Å². The molecule has 0 aliphatic rings. The highest BCUT2D eigenvalue weighted by atomic mass is 35.5. The van der Waals surface area contributed by atoms with Crippen LogP contribution in [0.5, 0.6) is 0 Å². The Bertz CT molecular complexity index is 1200. The first-order chi connectivity index (χ1) is 15.2. The predicted octanol–water partition coefficient (Wildman–Crippen LogP) is 6.49. The maximum absolute atomic E-state index is 13.0. The Hall–Kier alpha value is -1.78. The number of carbonyl (C=O) groups excluding carboxylic acids is 1. The molecule has 2 atom stereocenters. The van der Waals surface area contributed by atoms with Crippen molar-refractivity contribution in [3.63, 3.8) is 0 Å². The van der Waals surface area contributed by atoms with Crippen molar-refractivity contribution in [1.29, 1.82) is 0 Å². The van der Waals surface area contributed by atoms with Crippen LogP contribution in [0.3, 0.4) is 0 Å². The number of aromatic nitrogens is 2. The van der Waals surface area contributed by atoms with Crippen molar-refractivity contribution < 1.29 is 13.7 Å². The Morgan fingerprint density at radius 3 is 2.45 bits per heavy atom. The SMILES string of the molecule is CC(C)(C)OC(=O)Nc1ccc(Cl)c(C(NS(=O)C(C)(C)C)c2cc3ccnc(Cl)c3s2)n1. The number of carbonyl (C=O) groups is 1. The Morgan fingerprint density at radius 1 is 1.15 bits per heavy atom. The van der Waals surface area contributed by atoms with Crippen molar-refractivity contribution in [3.05, 3.63) is 51.2 Å². The molecule has 0 radical (unpaired) electrons. The summed E-state index contributed by atoms with van der Waals surface area (Å²) in [5.74, 6) is 0.262. The molecule has 0 spiro atoms. The molecule has 2 unspecified atom stereocenters. The Kier molecular flexibility index (Phi) is 7.70. The molecule has 3 aromatic heterocycles. The second-order valence-corrected chi connectivity index (χ2v) is 13.1. The van der Waals surface area contributed by atoms with E-state index in [2.05, 4.69) is 20.0 Å². The average molecular weight is 530 g/mol. The summed E-state index contributed by atoms with van der Waals surface area (Å²) in [6, 6.07) is 6.39. The van der Waals surface area contributed by atoms with Crippen molar-refractivity contribution in [2.45, 2.75) is 57.9 Å². The van der Waals surface area contributed by atoms with Crippen molar-refractivity contribution in [2.75, 3.05) is 5.32 Å². The normalized spacial score (nSPS) is 14.2. The summed E-state index contributed by atoms with van der Waals surface area (Å²) in [6.07, 6.45) is 0.999. The summed E-state index contributed by atoms with van der Waals surface area (Å²) in [5.41, 5.74) is -0.240. The molecule has 0 aliphatic carbocycles. The van der Waals surface area contributed by atoms with Crippen LogP contribution in [0, 0.1) is 0 Å². The lowest BCUT2D eigenvalue weighted by atomic mass is 10.1. The Morgan fingerprint density at radius 2 is 1.85 bits per heavy atom. The maximum atomic E-state index is 13.0. The maximum Gasteiger partial charge on any atom is 0.413 e. The molecular formula is C22H26Cl2N4O3S2. The van der Waals surface area contributed by atoms with Gasteiger partial charge in [-0.25, -0.2) is 23.7 Å². The van der Waals surface area contributed by atoms with E-state index in [0.717, 1.165) is 15.0 Å². The lowest BCUT2D eigenvalue weighted by molar-refractivity contribution is 0.0635. The zero-order valence-electron chi connectivity index (χ0n) is 19.2. The van der Waals surface area contributed by atoms with Gasteiger partial charge in [-0.3, -0.25) is 5.32 Å². The third-order valence-electron chi connectivity index (χ3n) is 4.25. The summed E-state index contributed by atoms with van der Waals surface area (Å²) < 4.78 is 21.8. The number of nitrogens with one attached hydrogen (secondary N) is 2. The minimum absolute atomic E-state index is 0.262. The van der Waals surface area contributed by atoms with Crippen molar-refractivity contribution in [2.24, 2.45) is 0 Å². The van der Waals surface area contributed by atoms with Gasteiger partial charge in [-0.05, 0) is 71.2 Å². The van der Waals surface area contributed by atoms with Gasteiger partial charge < -0.3 is 4.74 Å². The van der Waals surface area contributed by atoms with Crippen LogP contribution in [-0.2, 0) is 15.7 Å². The molecule has 11 heteroatoms. The highest BCUT2D eigenvalue weighted by Crippen LogP contribution is 2.38. The second kappa shape index (κ2) is 9.84. The van der Waals surface area contributed by atoms with Crippen molar-refractivity contribution in [1.82, 2.24) is 14.7 Å². The zero-order chi connectivity index (χ0) is 24.6. The van der Waals surface area contributed by atoms with Gasteiger partial charge in [0.1, 0.15) is 16.6 Å². The van der Waals surface area contributed by atoms with Gasteiger partial charge in [0.05, 0.1) is 37.2 Å². The molecule has 0 aromatic carbocycles. The third kappa shape index (κ3) is 6.64. The van der Waals surface area contributed by atoms with Gasteiger partial charge >= 0.3 is 6.09 Å². The van der Waals surface area contributed by atoms with Gasteiger partial charge in [0.25, 0.3) is 0 Å². The molecule has 0 aliphatic heterocycles. The first-order valence-electron chi connectivity index (χ1n) is 10.1. The summed E-state index contributed by atoms with van der Waals surface area (Å²) in [7, 11) is -1.44. The number of pyridine rings is 2. The minimum atomic E-state index is -1.44. The Balaban J connectivity index is 2.05. The van der Waals surface area contributed by atoms with Crippen LogP contribution >= 0.6 is 34.5 Å². The molecule has 1 amide bonds. The number of halogens is 2. The molecular weight excluding hydrogens is 503 g/mol. The van der Waals surface area contributed by atoms with Crippen LogP contribution in [-0.4, -0.2) is 30.6 Å². The fourth-order valence-electron chi connectivity index (χ4n) is 2.76. The molecule has 0 saturated carbocycles. The van der Waals surface area contributed by atoms with E-state index in [9.17, 15) is 9.00 Å². The molecule has 3 rings (SSSR count). The molecule has 7 nitrogen and oxygen atoms in total. The van der Waals surface area contributed by atoms with Gasteiger partial charge in [-0.15, -0.1) is 11.3 Å². The van der Waals surface area contributed by atoms with Crippen LogP contribution in [0.4, 0.5) is 10.6 Å². The summed E-state index contributed by atoms with van der Waals surface area (Å²) in [5, 5.41) is 4.28. The third-order valence-corrected chi connectivity index (χ3v) is 7.75. The minimum Gasteiger partial charge on any atom is -0.444 e. The van der Waals surface area contributed by atoms with Crippen LogP contribution in [0.1, 0.15) is 58.2 Å². The largest absolute Gasteiger partial charge is 0.444 e. The topological polar surface area (TPSA) is 93.2 Å². The molecule has 0 saturated heterocycles. The van der Waals surface area contributed by atoms with Crippen LogP contribution < -0.4 is 10.0 Å². The molecule has 178 valence electrons. The average Bonchev–Trinajstić information content (AvgIpc) is 3.11. The standard InChI is InChI=1S/C22H26Cl2N4O3S2/c1-21(2,3)31-20(29)27-15-8-7-13(23)16(26-15)17(28-33(30)22(4,5)6)14-11-12-9-10-25-19(24)18(12)32-14/h7-11,17,28H,1-6H3,(H,26,27,29). The van der Waals surface area contributed by atoms with Crippen molar-refractivity contribution >= 4 is 67.5 Å². The molecule has 3 heterocycles. The summed E-state index contributed by atoms with van der Waals surface area (Å²) >= 11 is 14.2. The number of rotatable bonds is 5. The van der Waals surface area contributed by atoms with Crippen LogP contribution in [0.25, 0.3) is 10.1 Å². The first-order valence-corrected chi connectivity index (χ1v) is 12.9. The summed E-state index contributed by atoms with van der Waals surface area (Å²) in [4.78, 5) is 21.7. The number of hydrogen-bond donors (Lipinski definition) is 2. The Labute approximate surface area is 209 Å². The number of thiophene rings is 1. The number of hydrogen-bond acceptors (Lipinski definition) is 6. The second-order valence-electron chi connectivity index (χ2n) is 9.29. The van der Waals surface area contributed by atoms with E-state index in [-0.39, 0.29) is 5.82 Å². The molecule has 3 aromatic rings. The van der Waals surface area contributed by atoms with Gasteiger partial charge in [-0.2, -0.15) is 0 Å². The number of ether oxygens (including phenoxy) is 1. The quantitative estimate of drug-likeness (QED) is 0.369. The van der Waals surface area contributed by atoms with Gasteiger partial charge in [0.2, 0.25) is 0 Å². The molecule has 0 fully saturated rings. The lowest BCUT2D eigenvalue weighted by Crippen LogP contribution is -2.36. The van der Waals surface area contributed by atoms with Gasteiger partial charge in [0.15, 0.2) is 0 Å². The monoisotopic (exact) mass is 528 g/mol.